The van der Waals surface area contributed by atoms with E-state index in [4.69, 9.17) is 14.7 Å². The van der Waals surface area contributed by atoms with Gasteiger partial charge in [0.05, 0.1) is 11.8 Å². The van der Waals surface area contributed by atoms with Crippen LogP contribution >= 0.6 is 0 Å². The van der Waals surface area contributed by atoms with Crippen molar-refractivity contribution in [3.63, 3.8) is 0 Å². The molecule has 17 heavy (non-hydrogen) atoms. The minimum Gasteiger partial charge on any atom is -0.459 e. The molecule has 5 nitrogen and oxygen atoms in total. The van der Waals surface area contributed by atoms with E-state index in [-0.39, 0.29) is 0 Å². The Balaban J connectivity index is 1.96. The predicted octanol–water partition coefficient (Wildman–Crippen LogP) is 2.37. The van der Waals surface area contributed by atoms with E-state index in [1.165, 1.54) is 0 Å². The van der Waals surface area contributed by atoms with Crippen LogP contribution in [0.2, 0.25) is 0 Å². The summed E-state index contributed by atoms with van der Waals surface area (Å²) in [5.41, 5.74) is 6.84. The van der Waals surface area contributed by atoms with Crippen molar-refractivity contribution in [1.82, 2.24) is 10.1 Å². The number of hydrogen-bond donors (Lipinski definition) is 1. The number of aromatic nitrogens is 2. The molecule has 3 rings (SSSR count). The highest BCUT2D eigenvalue weighted by Crippen LogP contribution is 2.35. The van der Waals surface area contributed by atoms with Crippen LogP contribution in [0.3, 0.4) is 0 Å². The first-order valence-corrected chi connectivity index (χ1v) is 5.87. The Hall–Kier alpha value is -1.62. The van der Waals surface area contributed by atoms with Crippen molar-refractivity contribution in [2.45, 2.75) is 38.1 Å². The molecule has 1 aliphatic carbocycles. The van der Waals surface area contributed by atoms with E-state index in [0.717, 1.165) is 31.2 Å². The molecular formula is C12H15N3O2. The van der Waals surface area contributed by atoms with Gasteiger partial charge in [0.1, 0.15) is 0 Å². The summed E-state index contributed by atoms with van der Waals surface area (Å²) in [6.07, 6.45) is 5.70. The summed E-state index contributed by atoms with van der Waals surface area (Å²) in [4.78, 5) is 4.37. The maximum atomic E-state index is 6.27. The van der Waals surface area contributed by atoms with E-state index in [1.807, 2.05) is 13.0 Å². The van der Waals surface area contributed by atoms with Gasteiger partial charge in [-0.25, -0.2) is 0 Å². The molecule has 0 saturated heterocycles. The van der Waals surface area contributed by atoms with Crippen LogP contribution in [-0.4, -0.2) is 10.1 Å². The fourth-order valence-electron chi connectivity index (χ4n) is 2.34. The Bertz CT molecular complexity index is 523. The highest BCUT2D eigenvalue weighted by Gasteiger charge is 2.36. The Morgan fingerprint density at radius 1 is 1.35 bits per heavy atom. The zero-order valence-electron chi connectivity index (χ0n) is 9.77. The SMILES string of the molecule is Cc1ccoc1-c1nc(C2(N)CCCC2)no1. The number of furan rings is 1. The van der Waals surface area contributed by atoms with Gasteiger partial charge in [0.15, 0.2) is 11.6 Å². The molecule has 2 heterocycles. The Kier molecular flexibility index (Phi) is 2.29. The van der Waals surface area contributed by atoms with E-state index in [0.29, 0.717) is 17.5 Å². The summed E-state index contributed by atoms with van der Waals surface area (Å²) >= 11 is 0. The lowest BCUT2D eigenvalue weighted by Gasteiger charge is -2.17. The summed E-state index contributed by atoms with van der Waals surface area (Å²) in [5, 5.41) is 4.00. The van der Waals surface area contributed by atoms with Gasteiger partial charge in [-0.05, 0) is 25.8 Å². The fraction of sp³-hybridized carbons (Fsp3) is 0.500. The zero-order valence-corrected chi connectivity index (χ0v) is 9.77. The van der Waals surface area contributed by atoms with Crippen LogP contribution in [0.1, 0.15) is 37.1 Å². The molecule has 0 bridgehead atoms. The van der Waals surface area contributed by atoms with Crippen molar-refractivity contribution in [2.75, 3.05) is 0 Å². The molecule has 0 aromatic carbocycles. The number of hydrogen-bond acceptors (Lipinski definition) is 5. The first kappa shape index (κ1) is 10.5. The lowest BCUT2D eigenvalue weighted by Crippen LogP contribution is -2.34. The van der Waals surface area contributed by atoms with Crippen molar-refractivity contribution in [2.24, 2.45) is 5.73 Å². The molecule has 1 aliphatic rings. The van der Waals surface area contributed by atoms with E-state index >= 15 is 0 Å². The number of aryl methyl sites for hydroxylation is 1. The zero-order chi connectivity index (χ0) is 11.9. The van der Waals surface area contributed by atoms with E-state index < -0.39 is 5.54 Å². The summed E-state index contributed by atoms with van der Waals surface area (Å²) in [6, 6.07) is 1.87. The molecule has 1 saturated carbocycles. The van der Waals surface area contributed by atoms with Crippen LogP contribution in [0, 0.1) is 6.92 Å². The number of rotatable bonds is 2. The summed E-state index contributed by atoms with van der Waals surface area (Å²) in [5.74, 6) is 1.64. The van der Waals surface area contributed by atoms with Gasteiger partial charge in [-0.1, -0.05) is 18.0 Å². The van der Waals surface area contributed by atoms with Gasteiger partial charge in [0, 0.05) is 5.56 Å². The maximum absolute atomic E-state index is 6.27. The highest BCUT2D eigenvalue weighted by molar-refractivity contribution is 5.49. The molecule has 2 aromatic rings. The molecule has 0 spiro atoms. The van der Waals surface area contributed by atoms with Crippen molar-refractivity contribution >= 4 is 0 Å². The topological polar surface area (TPSA) is 78.1 Å². The minimum atomic E-state index is -0.414. The van der Waals surface area contributed by atoms with Crippen LogP contribution in [0.25, 0.3) is 11.7 Å². The van der Waals surface area contributed by atoms with E-state index in [1.54, 1.807) is 6.26 Å². The first-order chi connectivity index (χ1) is 8.19. The third-order valence-corrected chi connectivity index (χ3v) is 3.42. The second-order valence-electron chi connectivity index (χ2n) is 4.72. The third-order valence-electron chi connectivity index (χ3n) is 3.42. The molecule has 2 N–H and O–H groups in total. The average molecular weight is 233 g/mol. The lowest BCUT2D eigenvalue weighted by atomic mass is 9.99. The van der Waals surface area contributed by atoms with Crippen molar-refractivity contribution in [3.8, 4) is 11.7 Å². The van der Waals surface area contributed by atoms with Crippen LogP contribution in [0.4, 0.5) is 0 Å². The molecule has 0 aliphatic heterocycles. The molecule has 0 atom stereocenters. The van der Waals surface area contributed by atoms with Gasteiger partial charge >= 0.3 is 0 Å². The maximum Gasteiger partial charge on any atom is 0.293 e. The van der Waals surface area contributed by atoms with Gasteiger partial charge < -0.3 is 14.7 Å². The number of nitrogens with zero attached hydrogens (tertiary/aromatic N) is 2. The average Bonchev–Trinajstić information content (AvgIpc) is 2.97. The van der Waals surface area contributed by atoms with E-state index in [9.17, 15) is 0 Å². The standard InChI is InChI=1S/C12H15N3O2/c1-8-4-7-16-9(8)10-14-11(15-17-10)12(13)5-2-3-6-12/h4,7H,2-3,5-6,13H2,1H3. The van der Waals surface area contributed by atoms with Crippen LogP contribution in [-0.2, 0) is 5.54 Å². The van der Waals surface area contributed by atoms with Crippen molar-refractivity contribution in [3.05, 3.63) is 23.7 Å². The molecule has 90 valence electrons. The van der Waals surface area contributed by atoms with Gasteiger partial charge in [-0.15, -0.1) is 0 Å². The second-order valence-corrected chi connectivity index (χ2v) is 4.72. The largest absolute Gasteiger partial charge is 0.459 e. The van der Waals surface area contributed by atoms with Crippen LogP contribution < -0.4 is 5.73 Å². The fourth-order valence-corrected chi connectivity index (χ4v) is 2.34. The van der Waals surface area contributed by atoms with E-state index in [2.05, 4.69) is 10.1 Å². The predicted molar refractivity (Wildman–Crippen MR) is 61.1 cm³/mol. The van der Waals surface area contributed by atoms with Gasteiger partial charge in [0.25, 0.3) is 5.89 Å². The Morgan fingerprint density at radius 2 is 2.12 bits per heavy atom. The first-order valence-electron chi connectivity index (χ1n) is 5.87. The molecule has 5 heteroatoms. The third kappa shape index (κ3) is 1.67. The Morgan fingerprint density at radius 3 is 2.76 bits per heavy atom. The Labute approximate surface area is 99.0 Å². The van der Waals surface area contributed by atoms with Crippen molar-refractivity contribution in [1.29, 1.82) is 0 Å². The van der Waals surface area contributed by atoms with Crippen LogP contribution in [0.5, 0.6) is 0 Å². The lowest BCUT2D eigenvalue weighted by molar-refractivity contribution is 0.368. The second kappa shape index (κ2) is 3.70. The molecule has 1 fully saturated rings. The number of nitrogens with two attached hydrogens (primary N) is 1. The summed E-state index contributed by atoms with van der Waals surface area (Å²) < 4.78 is 10.6. The van der Waals surface area contributed by atoms with Crippen LogP contribution in [0.15, 0.2) is 21.3 Å². The van der Waals surface area contributed by atoms with Gasteiger partial charge in [-0.3, -0.25) is 0 Å². The molecule has 0 radical (unpaired) electrons. The molecule has 2 aromatic heterocycles. The molecule has 0 amide bonds. The monoisotopic (exact) mass is 233 g/mol. The summed E-state index contributed by atoms with van der Waals surface area (Å²) in [6.45, 7) is 1.94. The molecular weight excluding hydrogens is 218 g/mol. The molecule has 0 unspecified atom stereocenters. The summed E-state index contributed by atoms with van der Waals surface area (Å²) in [7, 11) is 0. The highest BCUT2D eigenvalue weighted by atomic mass is 16.5. The van der Waals surface area contributed by atoms with Gasteiger partial charge in [0.2, 0.25) is 0 Å². The normalized spacial score (nSPS) is 18.7. The van der Waals surface area contributed by atoms with Gasteiger partial charge in [-0.2, -0.15) is 4.98 Å². The minimum absolute atomic E-state index is 0.414. The van der Waals surface area contributed by atoms with Crippen molar-refractivity contribution < 1.29 is 8.94 Å². The smallest absolute Gasteiger partial charge is 0.293 e. The quantitative estimate of drug-likeness (QED) is 0.861.